The molecule has 0 saturated carbocycles. The number of rotatable bonds is 4. The quantitative estimate of drug-likeness (QED) is 0.688. The zero-order chi connectivity index (χ0) is 14.9. The summed E-state index contributed by atoms with van der Waals surface area (Å²) >= 11 is 0. The van der Waals surface area contributed by atoms with Gasteiger partial charge in [-0.25, -0.2) is 17.6 Å². The largest absolute Gasteiger partial charge is 0.308 e. The molecule has 0 aliphatic heterocycles. The average molecular weight is 289 g/mol. The second-order valence-corrected chi connectivity index (χ2v) is 4.36. The summed E-state index contributed by atoms with van der Waals surface area (Å²) in [5, 5.41) is 13.1. The van der Waals surface area contributed by atoms with Crippen LogP contribution in [0, 0.1) is 23.3 Å². The highest BCUT2D eigenvalue weighted by atomic mass is 19.2. The Bertz CT molecular complexity index is 599. The molecule has 0 aliphatic rings. The fourth-order valence-electron chi connectivity index (χ4n) is 1.53. The number of benzene rings is 1. The molecule has 1 N–H and O–H groups in total. The van der Waals surface area contributed by atoms with Gasteiger partial charge in [-0.15, -0.1) is 5.10 Å². The van der Waals surface area contributed by atoms with Crippen LogP contribution in [0.2, 0.25) is 0 Å². The third kappa shape index (κ3) is 2.62. The maximum absolute atomic E-state index is 13.7. The number of hydrogen-bond acceptors (Lipinski definition) is 4. The van der Waals surface area contributed by atoms with Crippen LogP contribution in [0.15, 0.2) is 6.07 Å². The first-order valence-corrected chi connectivity index (χ1v) is 5.75. The third-order valence-electron chi connectivity index (χ3n) is 2.50. The van der Waals surface area contributed by atoms with E-state index in [4.69, 9.17) is 0 Å². The lowest BCUT2D eigenvalue weighted by atomic mass is 10.2. The SMILES string of the molecule is CC(C)NCc1nnnn1-c1c(F)c(F)cc(F)c1F. The first-order valence-electron chi connectivity index (χ1n) is 5.75. The Morgan fingerprint density at radius 3 is 2.30 bits per heavy atom. The molecule has 0 radical (unpaired) electrons. The molecule has 9 heteroatoms. The topological polar surface area (TPSA) is 55.6 Å². The molecule has 0 spiro atoms. The van der Waals surface area contributed by atoms with Crippen LogP contribution >= 0.6 is 0 Å². The molecule has 0 atom stereocenters. The highest BCUT2D eigenvalue weighted by molar-refractivity contribution is 5.36. The Hall–Kier alpha value is -2.03. The van der Waals surface area contributed by atoms with Gasteiger partial charge in [0.2, 0.25) is 0 Å². The van der Waals surface area contributed by atoms with Crippen molar-refractivity contribution in [1.29, 1.82) is 0 Å². The van der Waals surface area contributed by atoms with Gasteiger partial charge in [0.15, 0.2) is 29.1 Å². The summed E-state index contributed by atoms with van der Waals surface area (Å²) < 4.78 is 54.3. The molecule has 0 unspecified atom stereocenters. The normalized spacial score (nSPS) is 11.3. The second kappa shape index (κ2) is 5.53. The molecule has 0 saturated heterocycles. The average Bonchev–Trinajstić information content (AvgIpc) is 2.83. The molecule has 2 aromatic rings. The Balaban J connectivity index is 2.50. The molecule has 108 valence electrons. The zero-order valence-electron chi connectivity index (χ0n) is 10.7. The summed E-state index contributed by atoms with van der Waals surface area (Å²) in [5.41, 5.74) is -0.979. The van der Waals surface area contributed by atoms with E-state index in [0.29, 0.717) is 4.68 Å². The van der Waals surface area contributed by atoms with Gasteiger partial charge in [-0.1, -0.05) is 13.8 Å². The van der Waals surface area contributed by atoms with Crippen LogP contribution < -0.4 is 5.32 Å². The van der Waals surface area contributed by atoms with E-state index >= 15 is 0 Å². The first-order chi connectivity index (χ1) is 9.41. The molecule has 20 heavy (non-hydrogen) atoms. The Kier molecular flexibility index (Phi) is 3.98. The Morgan fingerprint density at radius 1 is 1.15 bits per heavy atom. The number of nitrogens with one attached hydrogen (secondary N) is 1. The summed E-state index contributed by atoms with van der Waals surface area (Å²) in [6.07, 6.45) is 0. The van der Waals surface area contributed by atoms with Crippen molar-refractivity contribution in [3.63, 3.8) is 0 Å². The minimum absolute atomic E-state index is 0.0292. The second-order valence-electron chi connectivity index (χ2n) is 4.36. The summed E-state index contributed by atoms with van der Waals surface area (Å²) in [6.45, 7) is 3.77. The van der Waals surface area contributed by atoms with Gasteiger partial charge in [0.1, 0.15) is 5.69 Å². The predicted octanol–water partition coefficient (Wildman–Crippen LogP) is 1.72. The van der Waals surface area contributed by atoms with Gasteiger partial charge in [0.05, 0.1) is 6.54 Å². The Morgan fingerprint density at radius 2 is 1.75 bits per heavy atom. The van der Waals surface area contributed by atoms with E-state index in [-0.39, 0.29) is 24.5 Å². The predicted molar refractivity (Wildman–Crippen MR) is 61.0 cm³/mol. The van der Waals surface area contributed by atoms with Crippen LogP contribution in [0.4, 0.5) is 17.6 Å². The van der Waals surface area contributed by atoms with E-state index in [1.165, 1.54) is 0 Å². The van der Waals surface area contributed by atoms with Gasteiger partial charge in [0, 0.05) is 12.1 Å². The minimum Gasteiger partial charge on any atom is -0.308 e. The van der Waals surface area contributed by atoms with Crippen LogP contribution in [0.5, 0.6) is 0 Å². The Labute approximate surface area is 111 Å². The van der Waals surface area contributed by atoms with Crippen molar-refractivity contribution in [2.24, 2.45) is 0 Å². The minimum atomic E-state index is -1.55. The monoisotopic (exact) mass is 289 g/mol. The highest BCUT2D eigenvalue weighted by Gasteiger charge is 2.23. The van der Waals surface area contributed by atoms with Crippen LogP contribution in [0.3, 0.4) is 0 Å². The fraction of sp³-hybridized carbons (Fsp3) is 0.364. The van der Waals surface area contributed by atoms with Crippen LogP contribution in [-0.2, 0) is 6.54 Å². The first kappa shape index (κ1) is 14.4. The molecule has 1 aromatic carbocycles. The van der Waals surface area contributed by atoms with E-state index in [1.54, 1.807) is 0 Å². The summed E-state index contributed by atoms with van der Waals surface area (Å²) in [4.78, 5) is 0. The summed E-state index contributed by atoms with van der Waals surface area (Å²) in [5.74, 6) is -6.11. The van der Waals surface area contributed by atoms with E-state index in [9.17, 15) is 17.6 Å². The van der Waals surface area contributed by atoms with E-state index in [1.807, 2.05) is 13.8 Å². The van der Waals surface area contributed by atoms with Gasteiger partial charge in [-0.2, -0.15) is 4.68 Å². The van der Waals surface area contributed by atoms with Gasteiger partial charge >= 0.3 is 0 Å². The molecular formula is C11H11F4N5. The van der Waals surface area contributed by atoms with Crippen LogP contribution in [0.25, 0.3) is 5.69 Å². The smallest absolute Gasteiger partial charge is 0.187 e. The van der Waals surface area contributed by atoms with Gasteiger partial charge < -0.3 is 5.32 Å². The zero-order valence-corrected chi connectivity index (χ0v) is 10.7. The number of tetrazole rings is 1. The van der Waals surface area contributed by atoms with E-state index in [2.05, 4.69) is 20.8 Å². The maximum Gasteiger partial charge on any atom is 0.187 e. The fourth-order valence-corrected chi connectivity index (χ4v) is 1.53. The maximum atomic E-state index is 13.7. The number of hydrogen-bond donors (Lipinski definition) is 1. The van der Waals surface area contributed by atoms with Gasteiger partial charge in [-0.05, 0) is 10.4 Å². The van der Waals surface area contributed by atoms with Crippen molar-refractivity contribution < 1.29 is 17.6 Å². The molecule has 0 aliphatic carbocycles. The molecule has 0 bridgehead atoms. The number of nitrogens with zero attached hydrogens (tertiary/aromatic N) is 4. The molecule has 1 heterocycles. The van der Waals surface area contributed by atoms with Crippen molar-refractivity contribution in [1.82, 2.24) is 25.5 Å². The van der Waals surface area contributed by atoms with Crippen molar-refractivity contribution >= 4 is 0 Å². The molecular weight excluding hydrogens is 278 g/mol. The van der Waals surface area contributed by atoms with Gasteiger partial charge in [0.25, 0.3) is 0 Å². The lowest BCUT2D eigenvalue weighted by molar-refractivity contribution is 0.440. The molecule has 0 amide bonds. The van der Waals surface area contributed by atoms with Crippen LogP contribution in [0.1, 0.15) is 19.7 Å². The van der Waals surface area contributed by atoms with Crippen molar-refractivity contribution in [2.45, 2.75) is 26.4 Å². The molecule has 2 rings (SSSR count). The molecule has 5 nitrogen and oxygen atoms in total. The van der Waals surface area contributed by atoms with Gasteiger partial charge in [-0.3, -0.25) is 0 Å². The number of halogens is 4. The van der Waals surface area contributed by atoms with Crippen molar-refractivity contribution in [3.8, 4) is 5.69 Å². The third-order valence-corrected chi connectivity index (χ3v) is 2.50. The van der Waals surface area contributed by atoms with E-state index < -0.39 is 29.0 Å². The van der Waals surface area contributed by atoms with Crippen LogP contribution in [-0.4, -0.2) is 26.2 Å². The lowest BCUT2D eigenvalue weighted by Gasteiger charge is -2.10. The van der Waals surface area contributed by atoms with Crippen molar-refractivity contribution in [3.05, 3.63) is 35.2 Å². The molecule has 1 aromatic heterocycles. The standard InChI is InChI=1S/C11H11F4N5/c1-5(2)16-4-8-17-18-19-20(8)11-9(14)6(12)3-7(13)10(11)15/h3,5,16H,4H2,1-2H3. The highest BCUT2D eigenvalue weighted by Crippen LogP contribution is 2.22. The van der Waals surface area contributed by atoms with E-state index in [0.717, 1.165) is 0 Å². The summed E-state index contributed by atoms with van der Waals surface area (Å²) in [6, 6.07) is 0.198. The van der Waals surface area contributed by atoms with Crippen molar-refractivity contribution in [2.75, 3.05) is 0 Å². The molecule has 0 fully saturated rings. The lowest BCUT2D eigenvalue weighted by Crippen LogP contribution is -2.24. The summed E-state index contributed by atoms with van der Waals surface area (Å²) in [7, 11) is 0. The number of aromatic nitrogens is 4.